The summed E-state index contributed by atoms with van der Waals surface area (Å²) in [6.07, 6.45) is -2.71. The van der Waals surface area contributed by atoms with E-state index in [0.717, 1.165) is 31.5 Å². The van der Waals surface area contributed by atoms with Gasteiger partial charge in [0, 0.05) is 6.54 Å². The third-order valence-corrected chi connectivity index (χ3v) is 3.16. The molecule has 3 nitrogen and oxygen atoms in total. The highest BCUT2D eigenvalue weighted by Gasteiger charge is 2.33. The number of unbranched alkanes of at least 4 members (excludes halogenated alkanes) is 1. The zero-order valence-corrected chi connectivity index (χ0v) is 12.6. The number of carbonyl (C=O) groups is 1. The van der Waals surface area contributed by atoms with Crippen molar-refractivity contribution in [2.24, 2.45) is 0 Å². The Balaban J connectivity index is 2.63. The van der Waals surface area contributed by atoms with Crippen molar-refractivity contribution >= 4 is 5.91 Å². The Morgan fingerprint density at radius 3 is 2.59 bits per heavy atom. The van der Waals surface area contributed by atoms with Crippen molar-refractivity contribution in [2.45, 2.75) is 32.5 Å². The summed E-state index contributed by atoms with van der Waals surface area (Å²) in [5, 5.41) is 2.44. The zero-order valence-electron chi connectivity index (χ0n) is 12.6. The molecule has 1 aromatic carbocycles. The van der Waals surface area contributed by atoms with Gasteiger partial charge in [0.05, 0.1) is 12.1 Å². The summed E-state index contributed by atoms with van der Waals surface area (Å²) in [5.41, 5.74) is -1.22. The number of amides is 1. The Labute approximate surface area is 127 Å². The molecule has 0 spiro atoms. The highest BCUT2D eigenvalue weighted by Crippen LogP contribution is 2.32. The summed E-state index contributed by atoms with van der Waals surface area (Å²) in [6.45, 7) is 2.60. The smallest absolute Gasteiger partial charge is 0.351 e. The quantitative estimate of drug-likeness (QED) is 0.783. The van der Waals surface area contributed by atoms with Crippen molar-refractivity contribution in [2.75, 3.05) is 20.1 Å². The van der Waals surface area contributed by atoms with Gasteiger partial charge in [-0.05, 0) is 37.7 Å². The van der Waals surface area contributed by atoms with Gasteiger partial charge in [0.25, 0.3) is 0 Å². The molecule has 7 heteroatoms. The molecule has 0 aliphatic rings. The van der Waals surface area contributed by atoms with E-state index in [2.05, 4.69) is 5.32 Å². The van der Waals surface area contributed by atoms with E-state index in [-0.39, 0.29) is 24.6 Å². The molecule has 0 aromatic heterocycles. The molecule has 0 radical (unpaired) electrons. The van der Waals surface area contributed by atoms with Gasteiger partial charge in [-0.15, -0.1) is 0 Å². The first-order valence-electron chi connectivity index (χ1n) is 7.05. The van der Waals surface area contributed by atoms with Gasteiger partial charge in [0.15, 0.2) is 0 Å². The third kappa shape index (κ3) is 6.01. The molecule has 1 aromatic rings. The molecule has 1 rings (SSSR count). The normalized spacial score (nSPS) is 11.8. The summed E-state index contributed by atoms with van der Waals surface area (Å²) in [6, 6.07) is 2.43. The lowest BCUT2D eigenvalue weighted by Crippen LogP contribution is -2.35. The first-order chi connectivity index (χ1) is 10.2. The number of rotatable bonds is 7. The van der Waals surface area contributed by atoms with Gasteiger partial charge in [-0.3, -0.25) is 9.69 Å². The van der Waals surface area contributed by atoms with Gasteiger partial charge in [-0.1, -0.05) is 19.4 Å². The van der Waals surface area contributed by atoms with Gasteiger partial charge < -0.3 is 5.32 Å². The lowest BCUT2D eigenvalue weighted by Gasteiger charge is -2.17. The van der Waals surface area contributed by atoms with Gasteiger partial charge in [-0.2, -0.15) is 13.2 Å². The molecule has 0 saturated carbocycles. The molecule has 0 heterocycles. The van der Waals surface area contributed by atoms with Gasteiger partial charge in [-0.25, -0.2) is 4.39 Å². The van der Waals surface area contributed by atoms with Crippen LogP contribution in [-0.4, -0.2) is 30.9 Å². The minimum atomic E-state index is -4.65. The van der Waals surface area contributed by atoms with E-state index >= 15 is 0 Å². The molecule has 0 aliphatic heterocycles. The van der Waals surface area contributed by atoms with E-state index < -0.39 is 17.6 Å². The number of hydrogen-bond acceptors (Lipinski definition) is 2. The van der Waals surface area contributed by atoms with Crippen molar-refractivity contribution in [3.63, 3.8) is 0 Å². The van der Waals surface area contributed by atoms with Crippen LogP contribution in [0.4, 0.5) is 17.6 Å². The molecular formula is C15H20F4N2O. The number of benzene rings is 1. The summed E-state index contributed by atoms with van der Waals surface area (Å²) in [7, 11) is 1.77. The Bertz CT molecular complexity index is 503. The van der Waals surface area contributed by atoms with Crippen molar-refractivity contribution in [1.29, 1.82) is 0 Å². The summed E-state index contributed by atoms with van der Waals surface area (Å²) in [5.74, 6) is -1.32. The standard InChI is InChI=1S/C15H20F4N2O/c1-3-4-7-21(2)10-14(22)20-9-11-5-6-12(16)8-13(11)15(17,18)19/h5-6,8H,3-4,7,9-10H2,1-2H3,(H,20,22). The summed E-state index contributed by atoms with van der Waals surface area (Å²) >= 11 is 0. The number of hydrogen-bond donors (Lipinski definition) is 1. The topological polar surface area (TPSA) is 32.3 Å². The molecule has 0 bridgehead atoms. The Hall–Kier alpha value is -1.63. The number of nitrogens with one attached hydrogen (secondary N) is 1. The monoisotopic (exact) mass is 320 g/mol. The van der Waals surface area contributed by atoms with Crippen LogP contribution in [0.2, 0.25) is 0 Å². The summed E-state index contributed by atoms with van der Waals surface area (Å²) in [4.78, 5) is 13.5. The van der Waals surface area contributed by atoms with E-state index in [1.165, 1.54) is 0 Å². The van der Waals surface area contributed by atoms with Crippen LogP contribution in [0.3, 0.4) is 0 Å². The highest BCUT2D eigenvalue weighted by atomic mass is 19.4. The Morgan fingerprint density at radius 1 is 1.32 bits per heavy atom. The zero-order chi connectivity index (χ0) is 16.8. The Kier molecular flexibility index (Phi) is 6.80. The highest BCUT2D eigenvalue weighted by molar-refractivity contribution is 5.78. The SMILES string of the molecule is CCCCN(C)CC(=O)NCc1ccc(F)cc1C(F)(F)F. The van der Waals surface area contributed by atoms with Crippen LogP contribution in [0.1, 0.15) is 30.9 Å². The van der Waals surface area contributed by atoms with E-state index in [1.807, 2.05) is 6.92 Å². The molecule has 1 N–H and O–H groups in total. The first-order valence-corrected chi connectivity index (χ1v) is 7.05. The number of halogens is 4. The molecular weight excluding hydrogens is 300 g/mol. The molecule has 0 aliphatic carbocycles. The van der Waals surface area contributed by atoms with Crippen LogP contribution >= 0.6 is 0 Å². The fraction of sp³-hybridized carbons (Fsp3) is 0.533. The van der Waals surface area contributed by atoms with Gasteiger partial charge >= 0.3 is 6.18 Å². The van der Waals surface area contributed by atoms with Crippen molar-refractivity contribution in [1.82, 2.24) is 10.2 Å². The molecule has 0 atom stereocenters. The number of alkyl halides is 3. The second-order valence-corrected chi connectivity index (χ2v) is 5.17. The molecule has 0 saturated heterocycles. The van der Waals surface area contributed by atoms with Crippen LogP contribution in [0, 0.1) is 5.82 Å². The third-order valence-electron chi connectivity index (χ3n) is 3.16. The van der Waals surface area contributed by atoms with E-state index in [0.29, 0.717) is 6.07 Å². The van der Waals surface area contributed by atoms with Crippen LogP contribution in [0.15, 0.2) is 18.2 Å². The van der Waals surface area contributed by atoms with E-state index in [9.17, 15) is 22.4 Å². The van der Waals surface area contributed by atoms with E-state index in [4.69, 9.17) is 0 Å². The van der Waals surface area contributed by atoms with Crippen LogP contribution in [-0.2, 0) is 17.5 Å². The van der Waals surface area contributed by atoms with Gasteiger partial charge in [0.1, 0.15) is 5.82 Å². The first kappa shape index (κ1) is 18.4. The largest absolute Gasteiger partial charge is 0.416 e. The van der Waals surface area contributed by atoms with Crippen molar-refractivity contribution in [3.05, 3.63) is 35.1 Å². The Morgan fingerprint density at radius 2 is 2.00 bits per heavy atom. The fourth-order valence-corrected chi connectivity index (χ4v) is 1.97. The van der Waals surface area contributed by atoms with Crippen LogP contribution in [0.5, 0.6) is 0 Å². The lowest BCUT2D eigenvalue weighted by molar-refractivity contribution is -0.138. The molecule has 22 heavy (non-hydrogen) atoms. The molecule has 0 unspecified atom stereocenters. The molecule has 124 valence electrons. The predicted octanol–water partition coefficient (Wildman–Crippen LogP) is 3.19. The van der Waals surface area contributed by atoms with Crippen LogP contribution < -0.4 is 5.32 Å². The maximum Gasteiger partial charge on any atom is 0.416 e. The van der Waals surface area contributed by atoms with Crippen LogP contribution in [0.25, 0.3) is 0 Å². The average Bonchev–Trinajstić information content (AvgIpc) is 2.42. The van der Waals surface area contributed by atoms with E-state index in [1.54, 1.807) is 11.9 Å². The average molecular weight is 320 g/mol. The molecule has 0 fully saturated rings. The molecule has 1 amide bonds. The maximum absolute atomic E-state index is 13.0. The number of likely N-dealkylation sites (N-methyl/N-ethyl adjacent to an activating group) is 1. The number of carbonyl (C=O) groups excluding carboxylic acids is 1. The fourth-order valence-electron chi connectivity index (χ4n) is 1.97. The second kappa shape index (κ2) is 8.12. The lowest BCUT2D eigenvalue weighted by atomic mass is 10.1. The second-order valence-electron chi connectivity index (χ2n) is 5.17. The van der Waals surface area contributed by atoms with Crippen molar-refractivity contribution < 1.29 is 22.4 Å². The summed E-state index contributed by atoms with van der Waals surface area (Å²) < 4.78 is 51.4. The predicted molar refractivity (Wildman–Crippen MR) is 75.7 cm³/mol. The maximum atomic E-state index is 13.0. The van der Waals surface area contributed by atoms with Gasteiger partial charge in [0.2, 0.25) is 5.91 Å². The minimum Gasteiger partial charge on any atom is -0.351 e. The minimum absolute atomic E-state index is 0.114. The number of nitrogens with zero attached hydrogens (tertiary/aromatic N) is 1. The van der Waals surface area contributed by atoms with Crippen molar-refractivity contribution in [3.8, 4) is 0 Å².